The van der Waals surface area contributed by atoms with Gasteiger partial charge in [-0.2, -0.15) is 0 Å². The molecule has 0 spiro atoms. The van der Waals surface area contributed by atoms with Gasteiger partial charge in [-0.3, -0.25) is 52.7 Å². The van der Waals surface area contributed by atoms with E-state index < -0.39 is 216 Å². The summed E-state index contributed by atoms with van der Waals surface area (Å²) in [5.41, 5.74) is -3.19. The quantitative estimate of drug-likeness (QED) is 0.0228. The lowest BCUT2D eigenvalue weighted by atomic mass is 9.89. The van der Waals surface area contributed by atoms with Crippen LogP contribution in [-0.4, -0.2) is 195 Å². The van der Waals surface area contributed by atoms with Gasteiger partial charge in [0.1, 0.15) is 40.6 Å². The highest BCUT2D eigenvalue weighted by Crippen LogP contribution is 2.23. The van der Waals surface area contributed by atoms with Crippen LogP contribution in [0.5, 0.6) is 0 Å². The van der Waals surface area contributed by atoms with E-state index in [-0.39, 0.29) is 83.3 Å². The fourth-order valence-corrected chi connectivity index (χ4v) is 11.4. The van der Waals surface area contributed by atoms with E-state index in [2.05, 4.69) is 47.9 Å². The normalized spacial score (nSPS) is 21.0. The van der Waals surface area contributed by atoms with E-state index in [1.165, 1.54) is 13.8 Å². The van der Waals surface area contributed by atoms with E-state index >= 15 is 19.2 Å². The van der Waals surface area contributed by atoms with Gasteiger partial charge in [0.2, 0.25) is 35.4 Å². The number of ether oxygens (including phenoxy) is 4. The Bertz CT molecular complexity index is 3060. The molecule has 1 aromatic carbocycles. The molecule has 1 saturated heterocycles. The molecule has 0 aliphatic carbocycles. The number of esters is 1. The summed E-state index contributed by atoms with van der Waals surface area (Å²) >= 11 is 0. The molecule has 3 unspecified atom stereocenters. The van der Waals surface area contributed by atoms with Crippen LogP contribution in [0.3, 0.4) is 0 Å². The van der Waals surface area contributed by atoms with Crippen molar-refractivity contribution in [1.82, 2.24) is 47.9 Å². The summed E-state index contributed by atoms with van der Waals surface area (Å²) in [5, 5.41) is 56.8. The van der Waals surface area contributed by atoms with Crippen LogP contribution in [0.2, 0.25) is 0 Å². The molecule has 1 fully saturated rings. The maximum atomic E-state index is 15.3. The number of hydrogen-bond acceptors (Lipinski definition) is 21. The first-order valence-electron chi connectivity index (χ1n) is 37.3. The van der Waals surface area contributed by atoms with E-state index in [1.54, 1.807) is 127 Å². The second kappa shape index (κ2) is 45.5. The number of ketones is 4. The minimum atomic E-state index is -1.61. The van der Waals surface area contributed by atoms with Crippen molar-refractivity contribution in [3.63, 3.8) is 0 Å². The van der Waals surface area contributed by atoms with Crippen molar-refractivity contribution in [3.05, 3.63) is 35.9 Å². The van der Waals surface area contributed by atoms with Crippen LogP contribution in [0.1, 0.15) is 232 Å². The predicted molar refractivity (Wildman–Crippen MR) is 394 cm³/mol. The van der Waals surface area contributed by atoms with Crippen LogP contribution >= 0.6 is 0 Å². The summed E-state index contributed by atoms with van der Waals surface area (Å²) in [6, 6.07) is 0.825. The zero-order chi connectivity index (χ0) is 80.5. The fourth-order valence-electron chi connectivity index (χ4n) is 11.4. The standard InChI is InChI=1S/C76H125N9O21/c1-18-19-20-24-29-58(88)62(92)44-52(47(5)87)67(97)82-54(33-37-79-71(101)105-75(12,13)14)59(89)41-49-31-35-77-66(96)51(46(4)86)43-61(91)55(34-38-80-72(102)106-76(15,16)17)83-68(98)56(28-25-30-63(93)103-73(6,7)8)84-69(99)57(39-45(2)3)85-65(95)50(40-48-26-22-21-23-27-48)42-60(90)53(81-64(49)94)32-36-78-70(100)104-74(9,10)11/h21-23,26-27,45-47,49-58,86-88H,18-20,24-25,28-44H2,1-17H3,(H,77,96)(H,78,100)(H,79,101)(H,80,102)(H,81,94)(H,82,97)(H,83,98)(H,84,99)(H,85,95)/t46?,47?,49-,50+,51+,52+,53+,54+,55+,56+,57+,58?/m1/s1. The molecule has 1 aromatic rings. The predicted octanol–water partition coefficient (Wildman–Crippen LogP) is 5.87. The van der Waals surface area contributed by atoms with Crippen molar-refractivity contribution >= 4 is 82.8 Å². The molecule has 12 atom stereocenters. The second-order valence-electron chi connectivity index (χ2n) is 32.0. The van der Waals surface area contributed by atoms with Crippen molar-refractivity contribution < 1.29 is 101 Å². The number of benzene rings is 1. The van der Waals surface area contributed by atoms with Crippen LogP contribution in [0.4, 0.5) is 14.4 Å². The Balaban J connectivity index is 3.08. The monoisotopic (exact) mass is 1500 g/mol. The van der Waals surface area contributed by atoms with Gasteiger partial charge in [0.15, 0.2) is 23.1 Å². The van der Waals surface area contributed by atoms with Crippen molar-refractivity contribution in [2.24, 2.45) is 29.6 Å². The third-order valence-corrected chi connectivity index (χ3v) is 16.8. The number of Topliss-reactive ketones (excluding diaryl/α,β-unsaturated/α-hetero) is 4. The number of amides is 9. The largest absolute Gasteiger partial charge is 0.460 e. The van der Waals surface area contributed by atoms with Gasteiger partial charge in [-0.15, -0.1) is 0 Å². The van der Waals surface area contributed by atoms with Crippen LogP contribution in [0.25, 0.3) is 0 Å². The summed E-state index contributed by atoms with van der Waals surface area (Å²) in [4.78, 5) is 200. The van der Waals surface area contributed by atoms with Crippen LogP contribution < -0.4 is 47.9 Å². The van der Waals surface area contributed by atoms with Crippen LogP contribution in [0, 0.1) is 29.6 Å². The van der Waals surface area contributed by atoms with Gasteiger partial charge >= 0.3 is 24.2 Å². The van der Waals surface area contributed by atoms with Crippen molar-refractivity contribution in [2.45, 2.75) is 304 Å². The molecule has 106 heavy (non-hydrogen) atoms. The molecule has 0 saturated carbocycles. The van der Waals surface area contributed by atoms with Crippen LogP contribution in [0.15, 0.2) is 30.3 Å². The Morgan fingerprint density at radius 1 is 0.538 bits per heavy atom. The third-order valence-electron chi connectivity index (χ3n) is 16.8. The van der Waals surface area contributed by atoms with Crippen molar-refractivity contribution in [3.8, 4) is 0 Å². The number of rotatable bonds is 32. The average Bonchev–Trinajstić information content (AvgIpc) is 0.922. The Morgan fingerprint density at radius 3 is 1.54 bits per heavy atom. The van der Waals surface area contributed by atoms with Gasteiger partial charge < -0.3 is 82.1 Å². The molecular formula is C76H125N9O21. The minimum absolute atomic E-state index is 0.0415. The Hall–Kier alpha value is -8.12. The zero-order valence-electron chi connectivity index (χ0n) is 65.6. The molecule has 12 N–H and O–H groups in total. The number of nitrogens with one attached hydrogen (secondary N) is 9. The molecule has 2 rings (SSSR count). The lowest BCUT2D eigenvalue weighted by Gasteiger charge is -2.28. The fraction of sp³-hybridized carbons (Fsp3) is 0.737. The van der Waals surface area contributed by atoms with Gasteiger partial charge in [0.05, 0.1) is 42.2 Å². The number of hydrogen-bond donors (Lipinski definition) is 12. The lowest BCUT2D eigenvalue weighted by Crippen LogP contribution is -2.57. The first-order valence-corrected chi connectivity index (χ1v) is 37.3. The number of carbonyl (C=O) groups is 14. The van der Waals surface area contributed by atoms with E-state index in [0.29, 0.717) is 12.0 Å². The molecular weight excluding hydrogens is 1370 g/mol. The summed E-state index contributed by atoms with van der Waals surface area (Å²) in [5.74, 6) is -15.8. The van der Waals surface area contributed by atoms with Gasteiger partial charge in [-0.1, -0.05) is 76.8 Å². The summed E-state index contributed by atoms with van der Waals surface area (Å²) in [6.45, 7) is 26.1. The highest BCUT2D eigenvalue weighted by Gasteiger charge is 2.39. The SMILES string of the molecule is CCCCCCC(O)C(=O)C[C@H](C(=O)N[C@@H](CCNC(=O)OC(C)(C)C)C(=O)C[C@H]1CCNC(=O)[C@H](C(C)O)CC(=O)[C@H](CCNC(=O)OC(C)(C)C)NC(=O)[C@H](CCCC(=O)OC(C)(C)C)NC(=O)[C@H](CC(C)C)NC(=O)[C@@H](Cc2ccccc2)CC(=O)[C@H](CCNC(=O)OC(C)(C)C)NC1=O)C(C)O. The lowest BCUT2D eigenvalue weighted by molar-refractivity contribution is -0.155. The molecule has 1 heterocycles. The first-order chi connectivity index (χ1) is 49.2. The summed E-state index contributed by atoms with van der Waals surface area (Å²) in [7, 11) is 0. The highest BCUT2D eigenvalue weighted by molar-refractivity contribution is 5.99. The number of aliphatic hydroxyl groups is 3. The number of carbonyl (C=O) groups excluding carboxylic acids is 14. The molecule has 600 valence electrons. The Labute approximate surface area is 625 Å². The molecule has 30 heteroatoms. The second-order valence-corrected chi connectivity index (χ2v) is 32.0. The van der Waals surface area contributed by atoms with E-state index in [0.717, 1.165) is 19.3 Å². The average molecular weight is 1500 g/mol. The Kier molecular flexibility index (Phi) is 40.3. The summed E-state index contributed by atoms with van der Waals surface area (Å²) < 4.78 is 21.7. The molecule has 1 aliphatic heterocycles. The van der Waals surface area contributed by atoms with Gasteiger partial charge in [-0.05, 0) is 166 Å². The minimum Gasteiger partial charge on any atom is -0.460 e. The van der Waals surface area contributed by atoms with E-state index in [4.69, 9.17) is 18.9 Å². The number of aliphatic hydroxyl groups excluding tert-OH is 3. The molecule has 1 aliphatic rings. The number of alkyl carbamates (subject to hydrolysis) is 3. The zero-order valence-corrected chi connectivity index (χ0v) is 65.6. The molecule has 0 radical (unpaired) electrons. The highest BCUT2D eigenvalue weighted by atomic mass is 16.6. The topological polar surface area (TPSA) is 445 Å². The third kappa shape index (κ3) is 39.5. The molecule has 0 bridgehead atoms. The van der Waals surface area contributed by atoms with Gasteiger partial charge in [0, 0.05) is 70.1 Å². The van der Waals surface area contributed by atoms with Crippen LogP contribution in [-0.2, 0) is 78.1 Å². The number of unbranched alkanes of at least 4 members (excludes halogenated alkanes) is 3. The maximum Gasteiger partial charge on any atom is 0.407 e. The first kappa shape index (κ1) is 94.0. The molecule has 9 amide bonds. The summed E-state index contributed by atoms with van der Waals surface area (Å²) in [6.07, 6.45) is -9.22. The van der Waals surface area contributed by atoms with E-state index in [1.807, 2.05) is 6.92 Å². The van der Waals surface area contributed by atoms with E-state index in [9.17, 15) is 63.3 Å². The maximum absolute atomic E-state index is 15.3. The Morgan fingerprint density at radius 2 is 1.03 bits per heavy atom. The van der Waals surface area contributed by atoms with Crippen molar-refractivity contribution in [2.75, 3.05) is 26.2 Å². The molecule has 30 nitrogen and oxygen atoms in total. The van der Waals surface area contributed by atoms with Crippen molar-refractivity contribution in [1.29, 1.82) is 0 Å². The van der Waals surface area contributed by atoms with Gasteiger partial charge in [-0.25, -0.2) is 14.4 Å². The van der Waals surface area contributed by atoms with Gasteiger partial charge in [0.25, 0.3) is 0 Å². The molecule has 0 aromatic heterocycles. The smallest absolute Gasteiger partial charge is 0.407 e.